The third-order valence-electron chi connectivity index (χ3n) is 5.97. The first-order valence-corrected chi connectivity index (χ1v) is 10.4. The van der Waals surface area contributed by atoms with Gasteiger partial charge in [-0.05, 0) is 50.4 Å². The van der Waals surface area contributed by atoms with Crippen molar-refractivity contribution in [2.45, 2.75) is 83.3 Å². The number of carbonyl (C=O) groups excluding carboxylic acids is 1. The molecule has 0 aromatic carbocycles. The second-order valence-corrected chi connectivity index (χ2v) is 7.97. The van der Waals surface area contributed by atoms with Crippen molar-refractivity contribution < 1.29 is 19.7 Å². The van der Waals surface area contributed by atoms with Crippen LogP contribution >= 0.6 is 0 Å². The lowest BCUT2D eigenvalue weighted by Crippen LogP contribution is -2.18. The summed E-state index contributed by atoms with van der Waals surface area (Å²) in [6.07, 6.45) is 15.1. The molecule has 0 aromatic rings. The number of esters is 1. The fourth-order valence-corrected chi connectivity index (χ4v) is 4.47. The Balaban J connectivity index is 1.76. The lowest BCUT2D eigenvalue weighted by atomic mass is 9.88. The number of fused-ring (bicyclic) bond motifs is 1. The molecule has 0 bridgehead atoms. The molecule has 0 aromatic heterocycles. The minimum atomic E-state index is -0.389. The average Bonchev–Trinajstić information content (AvgIpc) is 3.13. The highest BCUT2D eigenvalue weighted by Crippen LogP contribution is 2.48. The predicted octanol–water partition coefficient (Wildman–Crippen LogP) is 4.16. The molecule has 5 atom stereocenters. The second kappa shape index (κ2) is 10.9. The van der Waals surface area contributed by atoms with Gasteiger partial charge in [0.05, 0.1) is 19.3 Å². The quantitative estimate of drug-likeness (QED) is 0.328. The Morgan fingerprint density at radius 1 is 1.35 bits per heavy atom. The zero-order chi connectivity index (χ0) is 18.9. The molecule has 1 unspecified atom stereocenters. The smallest absolute Gasteiger partial charge is 0.305 e. The molecule has 0 radical (unpaired) electrons. The number of ether oxygens (including phenoxy) is 1. The van der Waals surface area contributed by atoms with Crippen LogP contribution in [0.5, 0.6) is 0 Å². The summed E-state index contributed by atoms with van der Waals surface area (Å²) in [6, 6.07) is 0. The van der Waals surface area contributed by atoms with Crippen LogP contribution in [0.25, 0.3) is 0 Å². The van der Waals surface area contributed by atoms with Crippen LogP contribution in [-0.2, 0) is 9.53 Å². The van der Waals surface area contributed by atoms with Gasteiger partial charge in [-0.25, -0.2) is 0 Å². The fraction of sp³-hybridized carbons (Fsp3) is 0.773. The van der Waals surface area contributed by atoms with Crippen molar-refractivity contribution in [3.8, 4) is 0 Å². The predicted molar refractivity (Wildman–Crippen MR) is 104 cm³/mol. The van der Waals surface area contributed by atoms with E-state index in [0.717, 1.165) is 57.8 Å². The van der Waals surface area contributed by atoms with Crippen molar-refractivity contribution in [3.05, 3.63) is 23.8 Å². The van der Waals surface area contributed by atoms with Gasteiger partial charge in [0.15, 0.2) is 0 Å². The van der Waals surface area contributed by atoms with E-state index in [-0.39, 0.29) is 24.1 Å². The van der Waals surface area contributed by atoms with Crippen molar-refractivity contribution >= 4 is 5.97 Å². The lowest BCUT2D eigenvalue weighted by molar-refractivity contribution is -0.140. The van der Waals surface area contributed by atoms with E-state index in [1.54, 1.807) is 0 Å². The molecular formula is C22H36O4. The van der Waals surface area contributed by atoms with E-state index in [9.17, 15) is 15.0 Å². The Kier molecular flexibility index (Phi) is 8.86. The summed E-state index contributed by atoms with van der Waals surface area (Å²) < 4.78 is 4.68. The van der Waals surface area contributed by atoms with Crippen LogP contribution in [0.1, 0.15) is 71.1 Å². The molecule has 1 fully saturated rings. The van der Waals surface area contributed by atoms with Crippen LogP contribution in [0.4, 0.5) is 0 Å². The van der Waals surface area contributed by atoms with E-state index >= 15 is 0 Å². The molecule has 0 spiro atoms. The number of aliphatic hydroxyl groups is 2. The summed E-state index contributed by atoms with van der Waals surface area (Å²) in [5, 5.41) is 20.5. The number of allylic oxidation sites excluding steroid dienone is 2. The van der Waals surface area contributed by atoms with Gasteiger partial charge in [0.25, 0.3) is 0 Å². The van der Waals surface area contributed by atoms with E-state index in [0.29, 0.717) is 18.3 Å². The molecule has 0 amide bonds. The van der Waals surface area contributed by atoms with Crippen molar-refractivity contribution in [2.75, 3.05) is 7.11 Å². The highest BCUT2D eigenvalue weighted by atomic mass is 16.5. The number of unbranched alkanes of at least 4 members (excludes halogenated alkanes) is 3. The summed E-state index contributed by atoms with van der Waals surface area (Å²) >= 11 is 0. The molecule has 4 heteroatoms. The van der Waals surface area contributed by atoms with Gasteiger partial charge in [-0.2, -0.15) is 0 Å². The van der Waals surface area contributed by atoms with Gasteiger partial charge in [-0.15, -0.1) is 0 Å². The molecule has 0 aliphatic heterocycles. The SMILES string of the molecule is CCCCCC(O)C=C[C@@H]1[C@H]2CC(CCCCC(=O)OC)=C[C@H]2C[C@H]1O. The van der Waals surface area contributed by atoms with Crippen LogP contribution in [0, 0.1) is 17.8 Å². The van der Waals surface area contributed by atoms with Crippen LogP contribution in [-0.4, -0.2) is 35.5 Å². The molecule has 2 rings (SSSR count). The van der Waals surface area contributed by atoms with Gasteiger partial charge in [0.1, 0.15) is 0 Å². The van der Waals surface area contributed by atoms with Crippen LogP contribution in [0.3, 0.4) is 0 Å². The molecule has 0 heterocycles. The Hall–Kier alpha value is -1.13. The van der Waals surface area contributed by atoms with E-state index in [1.165, 1.54) is 12.7 Å². The summed E-state index contributed by atoms with van der Waals surface area (Å²) in [5.41, 5.74) is 1.47. The zero-order valence-corrected chi connectivity index (χ0v) is 16.4. The van der Waals surface area contributed by atoms with Crippen molar-refractivity contribution in [2.24, 2.45) is 17.8 Å². The first-order valence-electron chi connectivity index (χ1n) is 10.4. The van der Waals surface area contributed by atoms with Crippen LogP contribution in [0.2, 0.25) is 0 Å². The Labute approximate surface area is 158 Å². The minimum Gasteiger partial charge on any atom is -0.469 e. The first kappa shape index (κ1) is 21.2. The molecule has 2 aliphatic carbocycles. The van der Waals surface area contributed by atoms with Crippen LogP contribution in [0.15, 0.2) is 23.8 Å². The van der Waals surface area contributed by atoms with Gasteiger partial charge in [0, 0.05) is 12.3 Å². The van der Waals surface area contributed by atoms with E-state index < -0.39 is 0 Å². The number of aliphatic hydroxyl groups excluding tert-OH is 2. The van der Waals surface area contributed by atoms with E-state index in [4.69, 9.17) is 0 Å². The number of hydrogen-bond donors (Lipinski definition) is 2. The number of methoxy groups -OCH3 is 1. The highest BCUT2D eigenvalue weighted by molar-refractivity contribution is 5.68. The minimum absolute atomic E-state index is 0.131. The van der Waals surface area contributed by atoms with Crippen LogP contribution < -0.4 is 0 Å². The van der Waals surface area contributed by atoms with Crippen molar-refractivity contribution in [1.82, 2.24) is 0 Å². The first-order chi connectivity index (χ1) is 12.5. The Morgan fingerprint density at radius 2 is 2.15 bits per heavy atom. The monoisotopic (exact) mass is 364 g/mol. The summed E-state index contributed by atoms with van der Waals surface area (Å²) in [5.74, 6) is 0.963. The molecule has 0 saturated heterocycles. The summed E-state index contributed by atoms with van der Waals surface area (Å²) in [6.45, 7) is 2.16. The third-order valence-corrected chi connectivity index (χ3v) is 5.97. The van der Waals surface area contributed by atoms with Gasteiger partial charge in [-0.1, -0.05) is 50.0 Å². The lowest BCUT2D eigenvalue weighted by Gasteiger charge is -2.19. The largest absolute Gasteiger partial charge is 0.469 e. The normalized spacial score (nSPS) is 29.0. The molecular weight excluding hydrogens is 328 g/mol. The van der Waals surface area contributed by atoms with Gasteiger partial charge >= 0.3 is 5.97 Å². The maximum absolute atomic E-state index is 11.2. The number of rotatable bonds is 11. The number of hydrogen-bond acceptors (Lipinski definition) is 4. The van der Waals surface area contributed by atoms with E-state index in [2.05, 4.69) is 23.8 Å². The second-order valence-electron chi connectivity index (χ2n) is 7.97. The van der Waals surface area contributed by atoms with Gasteiger partial charge in [-0.3, -0.25) is 4.79 Å². The zero-order valence-electron chi connectivity index (χ0n) is 16.4. The van der Waals surface area contributed by atoms with Gasteiger partial charge < -0.3 is 14.9 Å². The molecule has 148 valence electrons. The average molecular weight is 365 g/mol. The van der Waals surface area contributed by atoms with Gasteiger partial charge in [0.2, 0.25) is 0 Å². The summed E-state index contributed by atoms with van der Waals surface area (Å²) in [4.78, 5) is 11.2. The summed E-state index contributed by atoms with van der Waals surface area (Å²) in [7, 11) is 1.43. The van der Waals surface area contributed by atoms with E-state index in [1.807, 2.05) is 6.08 Å². The molecule has 4 nitrogen and oxygen atoms in total. The fourth-order valence-electron chi connectivity index (χ4n) is 4.47. The molecule has 26 heavy (non-hydrogen) atoms. The van der Waals surface area contributed by atoms with Crippen molar-refractivity contribution in [3.63, 3.8) is 0 Å². The number of carbonyl (C=O) groups is 1. The molecule has 2 aliphatic rings. The molecule has 2 N–H and O–H groups in total. The topological polar surface area (TPSA) is 66.8 Å². The molecule has 1 saturated carbocycles. The Morgan fingerprint density at radius 3 is 2.88 bits per heavy atom. The maximum atomic E-state index is 11.2. The Bertz CT molecular complexity index is 496. The standard InChI is InChI=1S/C22H36O4/c1-3-4-5-9-18(23)11-12-19-20-14-16(13-17(20)15-21(19)24)8-6-7-10-22(25)26-2/h11-13,17-21,23-24H,3-10,14-15H2,1-2H3/t17-,18?,19+,20-,21+/m0/s1. The van der Waals surface area contributed by atoms with Crippen molar-refractivity contribution in [1.29, 1.82) is 0 Å². The highest BCUT2D eigenvalue weighted by Gasteiger charge is 2.43. The third kappa shape index (κ3) is 6.24. The maximum Gasteiger partial charge on any atom is 0.305 e.